The third-order valence-electron chi connectivity index (χ3n) is 4.25. The molecule has 1 atom stereocenters. The van der Waals surface area contributed by atoms with Crippen LogP contribution in [0, 0.1) is 5.92 Å². The van der Waals surface area contributed by atoms with E-state index in [0.717, 1.165) is 43.9 Å². The lowest BCUT2D eigenvalue weighted by Gasteiger charge is -2.16. The van der Waals surface area contributed by atoms with Crippen LogP contribution in [0.1, 0.15) is 37.3 Å². The van der Waals surface area contributed by atoms with Crippen molar-refractivity contribution in [2.24, 2.45) is 5.92 Å². The molecule has 7 nitrogen and oxygen atoms in total. The number of carbonyl (C=O) groups excluding carboxylic acids is 1. The van der Waals surface area contributed by atoms with E-state index >= 15 is 0 Å². The summed E-state index contributed by atoms with van der Waals surface area (Å²) in [5.74, 6) is 0.456. The van der Waals surface area contributed by atoms with Crippen molar-refractivity contribution in [1.82, 2.24) is 19.7 Å². The van der Waals surface area contributed by atoms with Crippen molar-refractivity contribution in [3.63, 3.8) is 0 Å². The second-order valence-corrected chi connectivity index (χ2v) is 7.46. The lowest BCUT2D eigenvalue weighted by atomic mass is 10.1. The van der Waals surface area contributed by atoms with E-state index in [1.807, 2.05) is 0 Å². The van der Waals surface area contributed by atoms with E-state index in [2.05, 4.69) is 14.8 Å². The van der Waals surface area contributed by atoms with Crippen molar-refractivity contribution in [2.45, 2.75) is 45.2 Å². The monoisotopic (exact) mass is 330 g/mol. The number of rotatable bonds is 4. The molecular weight excluding hydrogens is 311 g/mol. The Bertz CT molecular complexity index is 673. The van der Waals surface area contributed by atoms with Crippen molar-refractivity contribution < 1.29 is 17.1 Å². The third-order valence-corrected chi connectivity index (χ3v) is 5.12. The van der Waals surface area contributed by atoms with Crippen LogP contribution >= 0.6 is 0 Å². The highest BCUT2D eigenvalue weighted by Crippen LogP contribution is 2.23. The first-order chi connectivity index (χ1) is 10.4. The van der Waals surface area contributed by atoms with Crippen LogP contribution in [0.15, 0.2) is 0 Å². The number of nitrogens with zero attached hydrogens (tertiary/aromatic N) is 4. The van der Waals surface area contributed by atoms with Gasteiger partial charge in [-0.25, -0.2) is 0 Å². The summed E-state index contributed by atoms with van der Waals surface area (Å²) >= 11 is 0. The van der Waals surface area contributed by atoms with Gasteiger partial charge in [-0.3, -0.25) is 4.79 Å². The van der Waals surface area contributed by atoms with E-state index in [-0.39, 0.29) is 18.9 Å². The zero-order valence-corrected chi connectivity index (χ0v) is 13.1. The molecule has 1 aromatic rings. The highest BCUT2D eigenvalue weighted by molar-refractivity contribution is 7.86. The topological polar surface area (TPSA) is 85.2 Å². The molecule has 1 saturated heterocycles. The van der Waals surface area contributed by atoms with Crippen molar-refractivity contribution >= 4 is 16.1 Å². The number of halogens is 1. The molecule has 0 saturated carbocycles. The van der Waals surface area contributed by atoms with E-state index in [0.29, 0.717) is 6.54 Å². The fraction of sp³-hybridized carbons (Fsp3) is 0.769. The number of aromatic nitrogens is 3. The van der Waals surface area contributed by atoms with Gasteiger partial charge in [0.05, 0.1) is 12.3 Å². The molecule has 122 valence electrons. The zero-order valence-electron chi connectivity index (χ0n) is 12.2. The van der Waals surface area contributed by atoms with Crippen LogP contribution in [-0.2, 0) is 34.5 Å². The molecule has 0 spiro atoms. The molecule has 1 unspecified atom stereocenters. The minimum atomic E-state index is -4.55. The van der Waals surface area contributed by atoms with Crippen molar-refractivity contribution in [3.8, 4) is 0 Å². The van der Waals surface area contributed by atoms with Crippen LogP contribution in [0.25, 0.3) is 0 Å². The van der Waals surface area contributed by atoms with Crippen LogP contribution < -0.4 is 0 Å². The lowest BCUT2D eigenvalue weighted by Crippen LogP contribution is -2.27. The number of hydrogen-bond acceptors (Lipinski definition) is 5. The van der Waals surface area contributed by atoms with Crippen LogP contribution in [0.4, 0.5) is 3.89 Å². The maximum Gasteiger partial charge on any atom is 0.302 e. The maximum absolute atomic E-state index is 12.8. The standard InChI is InChI=1S/C13H19FN4O3S/c14-22(20,21)9-10-6-13(19)17(7-10)8-12-16-15-11-4-2-1-3-5-18(11)12/h10H,1-9H2. The molecule has 2 aliphatic rings. The third kappa shape index (κ3) is 3.45. The molecule has 3 heterocycles. The normalized spacial score (nSPS) is 22.7. The van der Waals surface area contributed by atoms with E-state index in [1.165, 1.54) is 0 Å². The van der Waals surface area contributed by atoms with Gasteiger partial charge in [0.2, 0.25) is 5.91 Å². The Hall–Kier alpha value is -1.51. The Morgan fingerprint density at radius 2 is 2.05 bits per heavy atom. The number of amides is 1. The second kappa shape index (κ2) is 5.94. The second-order valence-electron chi connectivity index (χ2n) is 6.04. The van der Waals surface area contributed by atoms with Gasteiger partial charge in [0.25, 0.3) is 0 Å². The molecule has 0 aromatic carbocycles. The molecule has 22 heavy (non-hydrogen) atoms. The summed E-state index contributed by atoms with van der Waals surface area (Å²) in [4.78, 5) is 13.5. The van der Waals surface area contributed by atoms with E-state index in [4.69, 9.17) is 0 Å². The van der Waals surface area contributed by atoms with E-state index < -0.39 is 21.9 Å². The Labute approximate surface area is 128 Å². The molecular formula is C13H19FN4O3S. The first-order valence-corrected chi connectivity index (χ1v) is 9.09. The average Bonchev–Trinajstić information content (AvgIpc) is 2.84. The quantitative estimate of drug-likeness (QED) is 0.757. The molecule has 3 rings (SSSR count). The number of likely N-dealkylation sites (tertiary alicyclic amines) is 1. The highest BCUT2D eigenvalue weighted by Gasteiger charge is 2.33. The largest absolute Gasteiger partial charge is 0.335 e. The minimum Gasteiger partial charge on any atom is -0.335 e. The summed E-state index contributed by atoms with van der Waals surface area (Å²) in [5, 5.41) is 8.35. The molecule has 0 N–H and O–H groups in total. The highest BCUT2D eigenvalue weighted by atomic mass is 32.3. The number of fused-ring (bicyclic) bond motifs is 1. The van der Waals surface area contributed by atoms with Gasteiger partial charge in [-0.15, -0.1) is 14.1 Å². The van der Waals surface area contributed by atoms with Crippen LogP contribution in [0.2, 0.25) is 0 Å². The fourth-order valence-electron chi connectivity index (χ4n) is 3.23. The lowest BCUT2D eigenvalue weighted by molar-refractivity contribution is -0.128. The SMILES string of the molecule is O=C1CC(CS(=O)(=O)F)CN1Cc1nnc2n1CCCCC2. The molecule has 0 radical (unpaired) electrons. The number of aryl methyl sites for hydroxylation is 1. The molecule has 1 aromatic heterocycles. The van der Waals surface area contributed by atoms with Gasteiger partial charge in [-0.1, -0.05) is 6.42 Å². The molecule has 0 bridgehead atoms. The fourth-order valence-corrected chi connectivity index (χ4v) is 4.02. The predicted molar refractivity (Wildman–Crippen MR) is 76.0 cm³/mol. The molecule has 1 fully saturated rings. The smallest absolute Gasteiger partial charge is 0.302 e. The number of hydrogen-bond donors (Lipinski definition) is 0. The van der Waals surface area contributed by atoms with Crippen LogP contribution in [-0.4, -0.2) is 46.3 Å². The zero-order chi connectivity index (χ0) is 15.7. The van der Waals surface area contributed by atoms with Gasteiger partial charge in [0.1, 0.15) is 5.82 Å². The Kier molecular flexibility index (Phi) is 4.16. The Morgan fingerprint density at radius 3 is 2.82 bits per heavy atom. The van der Waals surface area contributed by atoms with Gasteiger partial charge in [-0.2, -0.15) is 8.42 Å². The van der Waals surface area contributed by atoms with E-state index in [1.54, 1.807) is 4.90 Å². The van der Waals surface area contributed by atoms with Gasteiger partial charge in [-0.05, 0) is 12.8 Å². The summed E-state index contributed by atoms with van der Waals surface area (Å²) < 4.78 is 36.3. The van der Waals surface area contributed by atoms with Crippen molar-refractivity contribution in [2.75, 3.05) is 12.3 Å². The van der Waals surface area contributed by atoms with Crippen molar-refractivity contribution in [3.05, 3.63) is 11.6 Å². The van der Waals surface area contributed by atoms with Gasteiger partial charge >= 0.3 is 10.2 Å². The Morgan fingerprint density at radius 1 is 1.23 bits per heavy atom. The van der Waals surface area contributed by atoms with Gasteiger partial charge in [0, 0.05) is 31.8 Å². The molecule has 2 aliphatic heterocycles. The van der Waals surface area contributed by atoms with E-state index in [9.17, 15) is 17.1 Å². The van der Waals surface area contributed by atoms with Crippen molar-refractivity contribution in [1.29, 1.82) is 0 Å². The summed E-state index contributed by atoms with van der Waals surface area (Å²) in [6.45, 7) is 1.42. The number of carbonyl (C=O) groups is 1. The minimum absolute atomic E-state index is 0.0736. The summed E-state index contributed by atoms with van der Waals surface area (Å²) in [6.07, 6.45) is 4.28. The van der Waals surface area contributed by atoms with Gasteiger partial charge < -0.3 is 9.47 Å². The van der Waals surface area contributed by atoms with Crippen LogP contribution in [0.3, 0.4) is 0 Å². The maximum atomic E-state index is 12.8. The average molecular weight is 330 g/mol. The molecule has 9 heteroatoms. The first-order valence-electron chi connectivity index (χ1n) is 7.53. The first kappa shape index (κ1) is 15.4. The summed E-state index contributed by atoms with van der Waals surface area (Å²) in [6, 6.07) is 0. The summed E-state index contributed by atoms with van der Waals surface area (Å²) in [7, 11) is -4.55. The molecule has 1 amide bonds. The van der Waals surface area contributed by atoms with Gasteiger partial charge in [0.15, 0.2) is 5.82 Å². The Balaban J connectivity index is 1.69. The predicted octanol–water partition coefficient (Wildman–Crippen LogP) is 0.652. The van der Waals surface area contributed by atoms with Crippen LogP contribution in [0.5, 0.6) is 0 Å². The summed E-state index contributed by atoms with van der Waals surface area (Å²) in [5.41, 5.74) is 0. The molecule has 0 aliphatic carbocycles.